The number of aliphatic carboxylic acids is 1. The molecule has 3 aliphatic heterocycles. The number of hydrogen-bond donors (Lipinski definition) is 5. The van der Waals surface area contributed by atoms with Gasteiger partial charge in [-0.25, -0.2) is 19.4 Å². The number of carbonyl (C=O) groups excluding carboxylic acids is 4. The van der Waals surface area contributed by atoms with E-state index in [9.17, 15) is 42.3 Å². The van der Waals surface area contributed by atoms with Crippen molar-refractivity contribution >= 4 is 57.9 Å². The molecule has 332 valence electrons. The van der Waals surface area contributed by atoms with E-state index in [-0.39, 0.29) is 83.0 Å². The number of aromatic nitrogens is 6. The SMILES string of the molecule is Cn1c(-c2cn(-c3ccc4[nH]c(CC(N)=O)cc4n3)nc2C(F)(F)F)cnc1C(=O)Nc1ccc(C(=O)N2CCN(C(=O)C3CC[N+](CC(=O)O)(CC4CNC4)CC3)CC2)c(Cl)c1. The van der Waals surface area contributed by atoms with Gasteiger partial charge in [0, 0.05) is 88.6 Å². The Morgan fingerprint density at radius 2 is 1.73 bits per heavy atom. The van der Waals surface area contributed by atoms with Gasteiger partial charge in [-0.3, -0.25) is 19.2 Å². The summed E-state index contributed by atoms with van der Waals surface area (Å²) in [6.45, 7) is 5.16. The number of likely N-dealkylation sites (tertiary alicyclic amines) is 1. The Kier molecular flexibility index (Phi) is 11.8. The van der Waals surface area contributed by atoms with Crippen LogP contribution < -0.4 is 16.4 Å². The molecule has 1 aromatic carbocycles. The number of piperazine rings is 1. The number of nitrogens with zero attached hydrogens (tertiary/aromatic N) is 8. The molecule has 0 spiro atoms. The Bertz CT molecular complexity index is 2600. The minimum atomic E-state index is -4.89. The minimum absolute atomic E-state index is 0.0241. The van der Waals surface area contributed by atoms with Crippen molar-refractivity contribution in [3.05, 3.63) is 76.6 Å². The van der Waals surface area contributed by atoms with Crippen LogP contribution in [0.4, 0.5) is 18.9 Å². The summed E-state index contributed by atoms with van der Waals surface area (Å²) in [6.07, 6.45) is -1.46. The van der Waals surface area contributed by atoms with Crippen LogP contribution in [-0.4, -0.2) is 144 Å². The van der Waals surface area contributed by atoms with E-state index in [1.54, 1.807) is 21.9 Å². The topological polar surface area (TPSA) is 226 Å². The highest BCUT2D eigenvalue weighted by molar-refractivity contribution is 6.34. The number of carbonyl (C=O) groups is 5. The van der Waals surface area contributed by atoms with Crippen LogP contribution in [-0.2, 0) is 34.0 Å². The monoisotopic (exact) mass is 893 g/mol. The highest BCUT2D eigenvalue weighted by Gasteiger charge is 2.43. The maximum atomic E-state index is 14.4. The summed E-state index contributed by atoms with van der Waals surface area (Å²) in [5, 5.41) is 19.3. The number of fused-ring (bicyclic) bond motifs is 1. The van der Waals surface area contributed by atoms with Crippen LogP contribution in [0.3, 0.4) is 0 Å². The third kappa shape index (κ3) is 9.11. The van der Waals surface area contributed by atoms with Crippen molar-refractivity contribution in [3.63, 3.8) is 0 Å². The van der Waals surface area contributed by atoms with E-state index < -0.39 is 29.7 Å². The number of amides is 4. The summed E-state index contributed by atoms with van der Waals surface area (Å²) in [4.78, 5) is 78.5. The molecular formula is C41H45ClF3N12O6+. The molecule has 0 radical (unpaired) electrons. The van der Waals surface area contributed by atoms with Crippen LogP contribution in [0.25, 0.3) is 28.1 Å². The number of nitrogens with two attached hydrogens (primary N) is 1. The summed E-state index contributed by atoms with van der Waals surface area (Å²) in [5.74, 6) is -2.39. The first-order chi connectivity index (χ1) is 30.0. The molecule has 6 N–H and O–H groups in total. The molecule has 4 amide bonds. The van der Waals surface area contributed by atoms with Crippen LogP contribution in [0.5, 0.6) is 0 Å². The average molecular weight is 894 g/mol. The number of imidazole rings is 1. The molecule has 5 aromatic rings. The second-order valence-corrected chi connectivity index (χ2v) is 16.9. The van der Waals surface area contributed by atoms with Crippen molar-refractivity contribution < 1.29 is 46.7 Å². The Morgan fingerprint density at radius 1 is 1.02 bits per heavy atom. The molecule has 7 heterocycles. The molecular weight excluding hydrogens is 849 g/mol. The number of pyridine rings is 1. The molecule has 22 heteroatoms. The highest BCUT2D eigenvalue weighted by atomic mass is 35.5. The number of alkyl halides is 3. The Morgan fingerprint density at radius 3 is 2.37 bits per heavy atom. The number of quaternary nitrogens is 1. The molecule has 3 saturated heterocycles. The fraction of sp³-hybridized carbons (Fsp3) is 0.415. The van der Waals surface area contributed by atoms with Gasteiger partial charge < -0.3 is 45.3 Å². The molecule has 18 nitrogen and oxygen atoms in total. The minimum Gasteiger partial charge on any atom is -0.477 e. The summed E-state index contributed by atoms with van der Waals surface area (Å²) in [5.41, 5.74) is 5.44. The third-order valence-corrected chi connectivity index (χ3v) is 12.4. The number of nitrogens with one attached hydrogen (secondary N) is 3. The van der Waals surface area contributed by atoms with Gasteiger partial charge in [-0.2, -0.15) is 18.3 Å². The predicted molar refractivity (Wildman–Crippen MR) is 222 cm³/mol. The number of H-pyrrole nitrogens is 1. The normalized spacial score (nSPS) is 19.5. The number of carboxylic acids is 1. The van der Waals surface area contributed by atoms with Crippen molar-refractivity contribution in [2.75, 3.05) is 70.8 Å². The molecule has 0 unspecified atom stereocenters. The first kappa shape index (κ1) is 43.3. The summed E-state index contributed by atoms with van der Waals surface area (Å²) in [6, 6.07) is 8.95. The van der Waals surface area contributed by atoms with Crippen molar-refractivity contribution in [3.8, 4) is 17.1 Å². The zero-order valence-electron chi connectivity index (χ0n) is 34.1. The van der Waals surface area contributed by atoms with Gasteiger partial charge in [0.05, 0.1) is 65.1 Å². The van der Waals surface area contributed by atoms with E-state index in [1.807, 2.05) is 0 Å². The van der Waals surface area contributed by atoms with Gasteiger partial charge in [0.25, 0.3) is 11.8 Å². The Balaban J connectivity index is 0.891. The first-order valence-corrected chi connectivity index (χ1v) is 20.8. The highest BCUT2D eigenvalue weighted by Crippen LogP contribution is 2.37. The molecule has 0 bridgehead atoms. The molecule has 3 aliphatic rings. The van der Waals surface area contributed by atoms with E-state index in [0.717, 1.165) is 36.7 Å². The lowest BCUT2D eigenvalue weighted by molar-refractivity contribution is -0.929. The predicted octanol–water partition coefficient (Wildman–Crippen LogP) is 2.92. The molecule has 4 aromatic heterocycles. The van der Waals surface area contributed by atoms with E-state index in [0.29, 0.717) is 66.1 Å². The first-order valence-electron chi connectivity index (χ1n) is 20.4. The van der Waals surface area contributed by atoms with Gasteiger partial charge in [0.1, 0.15) is 0 Å². The maximum absolute atomic E-state index is 14.4. The van der Waals surface area contributed by atoms with E-state index in [4.69, 9.17) is 17.3 Å². The van der Waals surface area contributed by atoms with Crippen molar-refractivity contribution in [2.45, 2.75) is 25.4 Å². The summed E-state index contributed by atoms with van der Waals surface area (Å²) in [7, 11) is 1.39. The van der Waals surface area contributed by atoms with E-state index in [2.05, 4.69) is 30.7 Å². The number of halogens is 4. The number of hydrogen-bond acceptors (Lipinski definition) is 9. The fourth-order valence-corrected chi connectivity index (χ4v) is 9.08. The van der Waals surface area contributed by atoms with Crippen molar-refractivity contribution in [2.24, 2.45) is 24.6 Å². The van der Waals surface area contributed by atoms with Gasteiger partial charge in [-0.05, 0) is 36.4 Å². The standard InChI is InChI=1S/C41H44ClF3N12O6/c1-53-32(28-20-56(52-36(28)41(43,44)45)34-5-4-30-31(51-34)15-26(49-30)16-33(46)58)19-48-37(53)38(61)50-25-2-3-27(29(42)14-25)40(63)55-10-8-54(9-11-55)39(62)24-6-12-57(13-7-24,22-35(59)60)21-23-17-47-18-23/h2-5,14-15,19-20,23-24,47H,6-13,16-18,21-22H2,1H3,(H4-,46,49,50,51,58,59,60,61,63)/p+1. The molecule has 0 saturated carbocycles. The maximum Gasteiger partial charge on any atom is 0.435 e. The number of rotatable bonds is 12. The zero-order valence-corrected chi connectivity index (χ0v) is 34.9. The second-order valence-electron chi connectivity index (χ2n) is 16.5. The van der Waals surface area contributed by atoms with Crippen LogP contribution in [0.2, 0.25) is 5.02 Å². The van der Waals surface area contributed by atoms with Crippen LogP contribution >= 0.6 is 11.6 Å². The van der Waals surface area contributed by atoms with Crippen LogP contribution in [0.15, 0.2) is 48.8 Å². The number of anilines is 1. The Hall–Kier alpha value is -6.32. The quantitative estimate of drug-likeness (QED) is 0.115. The number of benzene rings is 1. The molecule has 3 fully saturated rings. The lowest BCUT2D eigenvalue weighted by Gasteiger charge is -2.46. The average Bonchev–Trinajstić information content (AvgIpc) is 3.95. The third-order valence-electron chi connectivity index (χ3n) is 12.1. The summed E-state index contributed by atoms with van der Waals surface area (Å²) < 4.78 is 45.7. The van der Waals surface area contributed by atoms with E-state index in [1.165, 1.54) is 35.9 Å². The lowest BCUT2D eigenvalue weighted by atomic mass is 9.90. The molecule has 0 aliphatic carbocycles. The second kappa shape index (κ2) is 17.1. The van der Waals surface area contributed by atoms with E-state index >= 15 is 0 Å². The van der Waals surface area contributed by atoms with Gasteiger partial charge >= 0.3 is 12.1 Å². The smallest absolute Gasteiger partial charge is 0.435 e. The number of piperidine rings is 1. The van der Waals surface area contributed by atoms with Crippen molar-refractivity contribution in [1.82, 2.24) is 44.4 Å². The zero-order chi connectivity index (χ0) is 44.8. The Labute approximate surface area is 362 Å². The number of carboxylic acid groups (broad SMARTS) is 1. The molecule has 8 rings (SSSR count). The number of aromatic amines is 1. The van der Waals surface area contributed by atoms with Gasteiger partial charge in [-0.1, -0.05) is 11.6 Å². The summed E-state index contributed by atoms with van der Waals surface area (Å²) >= 11 is 6.57. The molecule has 63 heavy (non-hydrogen) atoms. The molecule has 0 atom stereocenters. The number of primary amides is 1. The van der Waals surface area contributed by atoms with Crippen LogP contribution in [0, 0.1) is 11.8 Å². The largest absolute Gasteiger partial charge is 0.477 e. The lowest BCUT2D eigenvalue weighted by Crippen LogP contribution is -2.62. The fourth-order valence-electron chi connectivity index (χ4n) is 8.82. The van der Waals surface area contributed by atoms with Gasteiger partial charge in [0.15, 0.2) is 23.9 Å². The van der Waals surface area contributed by atoms with Gasteiger partial charge in [0.2, 0.25) is 11.8 Å². The van der Waals surface area contributed by atoms with Crippen molar-refractivity contribution in [1.29, 1.82) is 0 Å². The van der Waals surface area contributed by atoms with Crippen LogP contribution in [0.1, 0.15) is 45.2 Å². The van der Waals surface area contributed by atoms with Gasteiger partial charge in [-0.15, -0.1) is 0 Å².